The number of halogens is 2. The predicted molar refractivity (Wildman–Crippen MR) is 80.2 cm³/mol. The molecule has 0 aliphatic carbocycles. The van der Waals surface area contributed by atoms with Gasteiger partial charge in [-0.25, -0.2) is 0 Å². The van der Waals surface area contributed by atoms with Crippen molar-refractivity contribution in [1.82, 2.24) is 0 Å². The van der Waals surface area contributed by atoms with E-state index in [0.717, 1.165) is 0 Å². The second kappa shape index (κ2) is 6.21. The van der Waals surface area contributed by atoms with Crippen LogP contribution in [0.1, 0.15) is 5.56 Å². The van der Waals surface area contributed by atoms with Gasteiger partial charge in [0.1, 0.15) is 5.75 Å². The van der Waals surface area contributed by atoms with Gasteiger partial charge in [0.05, 0.1) is 9.40 Å². The molecule has 2 aromatic rings. The smallest absolute Gasteiger partial charge is 0.312 e. The first-order valence-corrected chi connectivity index (χ1v) is 6.80. The van der Waals surface area contributed by atoms with Crippen molar-refractivity contribution in [3.05, 3.63) is 61.6 Å². The van der Waals surface area contributed by atoms with Crippen LogP contribution in [0.2, 0.25) is 5.02 Å². The van der Waals surface area contributed by atoms with E-state index in [-0.39, 0.29) is 18.0 Å². The molecule has 5 nitrogen and oxygen atoms in total. The molecular formula is C13H10BrClN2O3. The molecule has 0 bridgehead atoms. The second-order valence-electron chi connectivity index (χ2n) is 3.87. The zero-order chi connectivity index (χ0) is 14.7. The summed E-state index contributed by atoms with van der Waals surface area (Å²) in [5, 5.41) is 11.5. The Balaban J connectivity index is 2.50. The highest BCUT2D eigenvalue weighted by molar-refractivity contribution is 9.10. The van der Waals surface area contributed by atoms with E-state index in [1.807, 2.05) is 0 Å². The zero-order valence-electron chi connectivity index (χ0n) is 10.2. The number of benzene rings is 2. The fourth-order valence-corrected chi connectivity index (χ4v) is 2.36. The summed E-state index contributed by atoms with van der Waals surface area (Å²) >= 11 is 9.28. The molecule has 2 aromatic carbocycles. The number of hydrogen-bond acceptors (Lipinski definition) is 4. The summed E-state index contributed by atoms with van der Waals surface area (Å²) in [6.45, 7) is 0.174. The number of ether oxygens (including phenoxy) is 1. The molecule has 20 heavy (non-hydrogen) atoms. The van der Waals surface area contributed by atoms with E-state index in [4.69, 9.17) is 22.1 Å². The molecule has 0 spiro atoms. The monoisotopic (exact) mass is 356 g/mol. The standard InChI is InChI=1S/C13H10BrClN2O3/c14-9-3-1-5-11(17(18)19)13(9)20-12-6-2-4-10(15)8(12)7-16/h1-6H,7,16H2. The largest absolute Gasteiger partial charge is 0.449 e. The van der Waals surface area contributed by atoms with Crippen molar-refractivity contribution in [1.29, 1.82) is 0 Å². The van der Waals surface area contributed by atoms with Crippen LogP contribution in [0, 0.1) is 10.1 Å². The first-order chi connectivity index (χ1) is 9.54. The molecule has 0 fully saturated rings. The zero-order valence-corrected chi connectivity index (χ0v) is 12.5. The van der Waals surface area contributed by atoms with E-state index < -0.39 is 4.92 Å². The van der Waals surface area contributed by atoms with Crippen molar-refractivity contribution in [2.45, 2.75) is 6.54 Å². The summed E-state index contributed by atoms with van der Waals surface area (Å²) in [6.07, 6.45) is 0. The molecular weight excluding hydrogens is 348 g/mol. The lowest BCUT2D eigenvalue weighted by molar-refractivity contribution is -0.385. The highest BCUT2D eigenvalue weighted by Gasteiger charge is 2.20. The van der Waals surface area contributed by atoms with E-state index in [1.54, 1.807) is 30.3 Å². The Morgan fingerprint density at radius 3 is 2.65 bits per heavy atom. The second-order valence-corrected chi connectivity index (χ2v) is 5.13. The average molecular weight is 358 g/mol. The molecule has 0 aliphatic heterocycles. The first kappa shape index (κ1) is 14.8. The van der Waals surface area contributed by atoms with Gasteiger partial charge in [0.25, 0.3) is 0 Å². The first-order valence-electron chi connectivity index (χ1n) is 5.62. The summed E-state index contributed by atoms with van der Waals surface area (Å²) in [6, 6.07) is 9.64. The van der Waals surface area contributed by atoms with Crippen LogP contribution in [0.3, 0.4) is 0 Å². The van der Waals surface area contributed by atoms with Crippen LogP contribution in [-0.4, -0.2) is 4.92 Å². The van der Waals surface area contributed by atoms with E-state index in [0.29, 0.717) is 20.8 Å². The SMILES string of the molecule is NCc1c(Cl)cccc1Oc1c(Br)cccc1[N+](=O)[O-]. The van der Waals surface area contributed by atoms with Gasteiger partial charge in [-0.05, 0) is 34.1 Å². The number of nitrogens with zero attached hydrogens (tertiary/aromatic N) is 1. The summed E-state index contributed by atoms with van der Waals surface area (Å²) in [4.78, 5) is 10.5. The summed E-state index contributed by atoms with van der Waals surface area (Å²) in [5.41, 5.74) is 6.09. The lowest BCUT2D eigenvalue weighted by atomic mass is 10.2. The summed E-state index contributed by atoms with van der Waals surface area (Å²) < 4.78 is 6.13. The maximum absolute atomic E-state index is 11.0. The van der Waals surface area contributed by atoms with Crippen LogP contribution in [0.5, 0.6) is 11.5 Å². The molecule has 0 aromatic heterocycles. The average Bonchev–Trinajstić information content (AvgIpc) is 2.41. The molecule has 0 heterocycles. The Hall–Kier alpha value is -1.63. The highest BCUT2D eigenvalue weighted by atomic mass is 79.9. The van der Waals surface area contributed by atoms with Gasteiger partial charge < -0.3 is 10.5 Å². The van der Waals surface area contributed by atoms with Gasteiger partial charge in [0, 0.05) is 23.2 Å². The van der Waals surface area contributed by atoms with Crippen molar-refractivity contribution in [3.63, 3.8) is 0 Å². The number of rotatable bonds is 4. The molecule has 0 aliphatic rings. The quantitative estimate of drug-likeness (QED) is 0.655. The molecule has 0 saturated carbocycles. The summed E-state index contributed by atoms with van der Waals surface area (Å²) in [5.74, 6) is 0.518. The Morgan fingerprint density at radius 1 is 1.30 bits per heavy atom. The molecule has 104 valence electrons. The molecule has 0 radical (unpaired) electrons. The minimum atomic E-state index is -0.507. The van der Waals surface area contributed by atoms with Gasteiger partial charge in [-0.3, -0.25) is 10.1 Å². The van der Waals surface area contributed by atoms with Gasteiger partial charge in [-0.15, -0.1) is 0 Å². The lowest BCUT2D eigenvalue weighted by Crippen LogP contribution is -2.01. The molecule has 0 unspecified atom stereocenters. The minimum absolute atomic E-state index is 0.120. The van der Waals surface area contributed by atoms with Crippen LogP contribution in [-0.2, 0) is 6.54 Å². The van der Waals surface area contributed by atoms with Gasteiger partial charge in [-0.2, -0.15) is 0 Å². The molecule has 0 saturated heterocycles. The third-order valence-electron chi connectivity index (χ3n) is 2.63. The van der Waals surface area contributed by atoms with E-state index in [9.17, 15) is 10.1 Å². The Kier molecular flexibility index (Phi) is 4.59. The maximum Gasteiger partial charge on any atom is 0.312 e. The predicted octanol–water partition coefficient (Wildman–Crippen LogP) is 4.26. The third kappa shape index (κ3) is 2.92. The van der Waals surface area contributed by atoms with Crippen LogP contribution in [0.4, 0.5) is 5.69 Å². The molecule has 0 amide bonds. The number of nitrogens with two attached hydrogens (primary N) is 1. The topological polar surface area (TPSA) is 78.4 Å². The van der Waals surface area contributed by atoms with Crippen LogP contribution >= 0.6 is 27.5 Å². The van der Waals surface area contributed by atoms with E-state index >= 15 is 0 Å². The number of para-hydroxylation sites is 1. The Morgan fingerprint density at radius 2 is 2.00 bits per heavy atom. The maximum atomic E-state index is 11.0. The molecule has 2 N–H and O–H groups in total. The minimum Gasteiger partial charge on any atom is -0.449 e. The highest BCUT2D eigenvalue weighted by Crippen LogP contribution is 2.39. The number of nitro benzene ring substituents is 1. The fourth-order valence-electron chi connectivity index (χ4n) is 1.68. The van der Waals surface area contributed by atoms with Crippen LogP contribution in [0.25, 0.3) is 0 Å². The van der Waals surface area contributed by atoms with Crippen molar-refractivity contribution in [2.24, 2.45) is 5.73 Å². The van der Waals surface area contributed by atoms with Crippen molar-refractivity contribution in [3.8, 4) is 11.5 Å². The van der Waals surface area contributed by atoms with Crippen molar-refractivity contribution in [2.75, 3.05) is 0 Å². The molecule has 0 atom stereocenters. The number of nitro groups is 1. The van der Waals surface area contributed by atoms with Crippen LogP contribution in [0.15, 0.2) is 40.9 Å². The Bertz CT molecular complexity index is 664. The van der Waals surface area contributed by atoms with Gasteiger partial charge in [0.15, 0.2) is 0 Å². The third-order valence-corrected chi connectivity index (χ3v) is 3.61. The summed E-state index contributed by atoms with van der Waals surface area (Å²) in [7, 11) is 0. The van der Waals surface area contributed by atoms with E-state index in [2.05, 4.69) is 15.9 Å². The number of hydrogen-bond donors (Lipinski definition) is 1. The molecule has 2 rings (SSSR count). The van der Waals surface area contributed by atoms with Crippen molar-refractivity contribution < 1.29 is 9.66 Å². The lowest BCUT2D eigenvalue weighted by Gasteiger charge is -2.12. The van der Waals surface area contributed by atoms with Crippen molar-refractivity contribution >= 4 is 33.2 Å². The van der Waals surface area contributed by atoms with Crippen LogP contribution < -0.4 is 10.5 Å². The van der Waals surface area contributed by atoms with Gasteiger partial charge >= 0.3 is 5.69 Å². The Labute approximate surface area is 128 Å². The van der Waals surface area contributed by atoms with Gasteiger partial charge in [0.2, 0.25) is 5.75 Å². The van der Waals surface area contributed by atoms with E-state index in [1.165, 1.54) is 6.07 Å². The fraction of sp³-hybridized carbons (Fsp3) is 0.0769. The molecule has 7 heteroatoms. The van der Waals surface area contributed by atoms with Gasteiger partial charge in [-0.1, -0.05) is 23.7 Å². The normalized spacial score (nSPS) is 10.3.